The lowest BCUT2D eigenvalue weighted by atomic mass is 10.2. The van der Waals surface area contributed by atoms with Gasteiger partial charge in [0.1, 0.15) is 11.4 Å². The van der Waals surface area contributed by atoms with Gasteiger partial charge in [0, 0.05) is 12.8 Å². The Morgan fingerprint density at radius 2 is 2.00 bits per heavy atom. The molecule has 0 aliphatic rings. The van der Waals surface area contributed by atoms with E-state index in [0.717, 1.165) is 25.5 Å². The fourth-order valence-corrected chi connectivity index (χ4v) is 2.70. The van der Waals surface area contributed by atoms with Gasteiger partial charge < -0.3 is 15.4 Å². The standard InChI is InChI=1S/C14H22N2O4S/c1-4-5-6-10-15-14(17)16-13-11(20-2)8-7-9-12(13)21(3,18)19/h7-9H,4-6,10H2,1-3H3,(H2,15,16,17). The second-order valence-corrected chi connectivity index (χ2v) is 6.68. The predicted octanol–water partition coefficient (Wildman–Crippen LogP) is 2.41. The Morgan fingerprint density at radius 1 is 1.29 bits per heavy atom. The minimum atomic E-state index is -3.46. The number of para-hydroxylation sites is 1. The Bertz CT molecular complexity index is 585. The fraction of sp³-hybridized carbons (Fsp3) is 0.500. The normalized spacial score (nSPS) is 11.0. The highest BCUT2D eigenvalue weighted by molar-refractivity contribution is 7.90. The Hall–Kier alpha value is -1.76. The van der Waals surface area contributed by atoms with Gasteiger partial charge in [-0.05, 0) is 18.6 Å². The second-order valence-electron chi connectivity index (χ2n) is 4.69. The summed E-state index contributed by atoms with van der Waals surface area (Å²) in [7, 11) is -2.04. The number of nitrogens with one attached hydrogen (secondary N) is 2. The molecule has 2 amide bonds. The summed E-state index contributed by atoms with van der Waals surface area (Å²) in [4.78, 5) is 11.9. The van der Waals surface area contributed by atoms with Gasteiger partial charge >= 0.3 is 6.03 Å². The third-order valence-corrected chi connectivity index (χ3v) is 4.05. The highest BCUT2D eigenvalue weighted by Crippen LogP contribution is 2.31. The van der Waals surface area contributed by atoms with Crippen molar-refractivity contribution < 1.29 is 17.9 Å². The molecular weight excluding hydrogens is 292 g/mol. The van der Waals surface area contributed by atoms with Crippen LogP contribution in [0.3, 0.4) is 0 Å². The van der Waals surface area contributed by atoms with Crippen LogP contribution in [0.4, 0.5) is 10.5 Å². The second kappa shape index (κ2) is 7.87. The van der Waals surface area contributed by atoms with Gasteiger partial charge in [-0.2, -0.15) is 0 Å². The van der Waals surface area contributed by atoms with Crippen LogP contribution in [0, 0.1) is 0 Å². The first-order chi connectivity index (χ1) is 9.90. The van der Waals surface area contributed by atoms with E-state index < -0.39 is 15.9 Å². The molecule has 21 heavy (non-hydrogen) atoms. The van der Waals surface area contributed by atoms with Crippen molar-refractivity contribution in [3.63, 3.8) is 0 Å². The number of sulfone groups is 1. The van der Waals surface area contributed by atoms with Crippen molar-refractivity contribution in [2.45, 2.75) is 31.1 Å². The summed E-state index contributed by atoms with van der Waals surface area (Å²) in [6.07, 6.45) is 4.07. The molecular formula is C14H22N2O4S. The monoisotopic (exact) mass is 314 g/mol. The molecule has 0 unspecified atom stereocenters. The van der Waals surface area contributed by atoms with Gasteiger partial charge in [0.15, 0.2) is 9.84 Å². The topological polar surface area (TPSA) is 84.5 Å². The van der Waals surface area contributed by atoms with E-state index in [1.54, 1.807) is 12.1 Å². The van der Waals surface area contributed by atoms with E-state index in [1.807, 2.05) is 0 Å². The van der Waals surface area contributed by atoms with Gasteiger partial charge in [-0.15, -0.1) is 0 Å². The lowest BCUT2D eigenvalue weighted by molar-refractivity contribution is 0.251. The van der Waals surface area contributed by atoms with E-state index in [0.29, 0.717) is 12.3 Å². The molecule has 0 spiro atoms. The Labute approximate surface area is 125 Å². The van der Waals surface area contributed by atoms with Crippen LogP contribution in [0.2, 0.25) is 0 Å². The summed E-state index contributed by atoms with van der Waals surface area (Å²) in [6.45, 7) is 2.62. The first-order valence-electron chi connectivity index (χ1n) is 6.82. The fourth-order valence-electron chi connectivity index (χ4n) is 1.85. The number of benzene rings is 1. The smallest absolute Gasteiger partial charge is 0.319 e. The average molecular weight is 314 g/mol. The molecule has 0 aromatic heterocycles. The van der Waals surface area contributed by atoms with Crippen LogP contribution in [0.25, 0.3) is 0 Å². The maximum absolute atomic E-state index is 11.9. The van der Waals surface area contributed by atoms with Gasteiger partial charge in [-0.25, -0.2) is 13.2 Å². The molecule has 1 aromatic rings. The maximum atomic E-state index is 11.9. The lowest BCUT2D eigenvalue weighted by Crippen LogP contribution is -2.30. The van der Waals surface area contributed by atoms with Crippen molar-refractivity contribution >= 4 is 21.6 Å². The van der Waals surface area contributed by atoms with E-state index in [1.165, 1.54) is 13.2 Å². The van der Waals surface area contributed by atoms with Gasteiger partial charge in [-0.1, -0.05) is 25.8 Å². The molecule has 0 saturated heterocycles. The van der Waals surface area contributed by atoms with Crippen molar-refractivity contribution in [1.82, 2.24) is 5.32 Å². The lowest BCUT2D eigenvalue weighted by Gasteiger charge is -2.14. The van der Waals surface area contributed by atoms with E-state index in [2.05, 4.69) is 17.6 Å². The summed E-state index contributed by atoms with van der Waals surface area (Å²) in [5.74, 6) is 0.307. The van der Waals surface area contributed by atoms with Crippen LogP contribution in [0.1, 0.15) is 26.2 Å². The van der Waals surface area contributed by atoms with Crippen molar-refractivity contribution in [2.75, 3.05) is 25.2 Å². The third kappa shape index (κ3) is 5.26. The number of carbonyl (C=O) groups is 1. The number of ether oxygens (including phenoxy) is 1. The molecule has 0 fully saturated rings. The Morgan fingerprint density at radius 3 is 2.57 bits per heavy atom. The molecule has 1 rings (SSSR count). The first-order valence-corrected chi connectivity index (χ1v) is 8.71. The summed E-state index contributed by atoms with van der Waals surface area (Å²) in [5, 5.41) is 5.25. The molecule has 118 valence electrons. The van der Waals surface area contributed by atoms with Gasteiger partial charge in [0.2, 0.25) is 0 Å². The molecule has 0 saturated carbocycles. The molecule has 1 aromatic carbocycles. The molecule has 0 aliphatic carbocycles. The molecule has 6 nitrogen and oxygen atoms in total. The zero-order chi connectivity index (χ0) is 15.9. The van der Waals surface area contributed by atoms with E-state index in [9.17, 15) is 13.2 Å². The van der Waals surface area contributed by atoms with Gasteiger partial charge in [0.05, 0.1) is 12.0 Å². The SMILES string of the molecule is CCCCCNC(=O)Nc1c(OC)cccc1S(C)(=O)=O. The first kappa shape index (κ1) is 17.3. The molecule has 7 heteroatoms. The minimum Gasteiger partial charge on any atom is -0.495 e. The quantitative estimate of drug-likeness (QED) is 0.757. The van der Waals surface area contributed by atoms with E-state index >= 15 is 0 Å². The maximum Gasteiger partial charge on any atom is 0.319 e. The number of carbonyl (C=O) groups excluding carboxylic acids is 1. The third-order valence-electron chi connectivity index (χ3n) is 2.91. The molecule has 0 radical (unpaired) electrons. The largest absolute Gasteiger partial charge is 0.495 e. The van der Waals surface area contributed by atoms with Crippen LogP contribution in [-0.2, 0) is 9.84 Å². The number of amides is 2. The average Bonchev–Trinajstić information content (AvgIpc) is 2.42. The van der Waals surface area contributed by atoms with Crippen molar-refractivity contribution in [1.29, 1.82) is 0 Å². The molecule has 0 heterocycles. The van der Waals surface area contributed by atoms with Gasteiger partial charge in [0.25, 0.3) is 0 Å². The van der Waals surface area contributed by atoms with E-state index in [4.69, 9.17) is 4.74 Å². The number of hydrogen-bond donors (Lipinski definition) is 2. The van der Waals surface area contributed by atoms with Crippen LogP contribution >= 0.6 is 0 Å². The summed E-state index contributed by atoms with van der Waals surface area (Å²) in [5.41, 5.74) is 0.162. The number of hydrogen-bond acceptors (Lipinski definition) is 4. The molecule has 0 bridgehead atoms. The summed E-state index contributed by atoms with van der Waals surface area (Å²) >= 11 is 0. The zero-order valence-electron chi connectivity index (χ0n) is 12.6. The van der Waals surface area contributed by atoms with Crippen molar-refractivity contribution in [2.24, 2.45) is 0 Å². The van der Waals surface area contributed by atoms with Crippen LogP contribution in [-0.4, -0.2) is 34.4 Å². The van der Waals surface area contributed by atoms with Crippen LogP contribution < -0.4 is 15.4 Å². The molecule has 0 atom stereocenters. The number of urea groups is 1. The number of methoxy groups -OCH3 is 1. The van der Waals surface area contributed by atoms with E-state index in [-0.39, 0.29) is 10.6 Å². The highest BCUT2D eigenvalue weighted by Gasteiger charge is 2.18. The van der Waals surface area contributed by atoms with Crippen molar-refractivity contribution in [3.8, 4) is 5.75 Å². The Balaban J connectivity index is 2.88. The molecule has 0 aliphatic heterocycles. The highest BCUT2D eigenvalue weighted by atomic mass is 32.2. The summed E-state index contributed by atoms with van der Waals surface area (Å²) in [6, 6.07) is 4.16. The minimum absolute atomic E-state index is 0.0329. The number of unbranched alkanes of at least 4 members (excludes halogenated alkanes) is 2. The zero-order valence-corrected chi connectivity index (χ0v) is 13.4. The number of rotatable bonds is 7. The number of anilines is 1. The predicted molar refractivity (Wildman–Crippen MR) is 82.7 cm³/mol. The van der Waals surface area contributed by atoms with Gasteiger partial charge in [-0.3, -0.25) is 0 Å². The van der Waals surface area contributed by atoms with Crippen LogP contribution in [0.5, 0.6) is 5.75 Å². The summed E-state index contributed by atoms with van der Waals surface area (Å²) < 4.78 is 28.7. The molecule has 2 N–H and O–H groups in total. The van der Waals surface area contributed by atoms with Crippen molar-refractivity contribution in [3.05, 3.63) is 18.2 Å². The Kier molecular flexibility index (Phi) is 6.48. The van der Waals surface area contributed by atoms with Crippen LogP contribution in [0.15, 0.2) is 23.1 Å².